The van der Waals surface area contributed by atoms with Gasteiger partial charge in [-0.15, -0.1) is 0 Å². The lowest BCUT2D eigenvalue weighted by Gasteiger charge is -2.08. The van der Waals surface area contributed by atoms with Crippen molar-refractivity contribution >= 4 is 47.6 Å². The Labute approximate surface area is 127 Å². The first-order valence-electron chi connectivity index (χ1n) is 5.19. The molecule has 0 saturated carbocycles. The summed E-state index contributed by atoms with van der Waals surface area (Å²) in [5, 5.41) is 0. The molecule has 2 rings (SSSR count). The lowest BCUT2D eigenvalue weighted by molar-refractivity contribution is 0.484. The third-order valence-electron chi connectivity index (χ3n) is 2.32. The number of nitrogens with one attached hydrogen (secondary N) is 1. The Morgan fingerprint density at radius 2 is 1.95 bits per heavy atom. The number of rotatable bonds is 4. The topological polar surface area (TPSA) is 85.3 Å². The predicted molar refractivity (Wildman–Crippen MR) is 79.2 cm³/mol. The molecule has 0 aliphatic heterocycles. The first kappa shape index (κ1) is 14.6. The van der Waals surface area contributed by atoms with Gasteiger partial charge in [-0.1, -0.05) is 12.1 Å². The summed E-state index contributed by atoms with van der Waals surface area (Å²) in [6.45, 7) is 0.128. The van der Waals surface area contributed by atoms with Gasteiger partial charge in [0.05, 0.1) is 12.2 Å². The van der Waals surface area contributed by atoms with Gasteiger partial charge in [0.1, 0.15) is 10.7 Å². The number of anilines is 1. The van der Waals surface area contributed by atoms with Crippen molar-refractivity contribution in [2.45, 2.75) is 11.4 Å². The van der Waals surface area contributed by atoms with E-state index in [0.717, 1.165) is 0 Å². The maximum Gasteiger partial charge on any atom is 0.266 e. The standard InChI is InChI=1S/C11H10Br2N2O3S/c12-8-3-1-2-4-9(8)15-19(16,17)10-5-7(6-14)18-11(10)13/h1-5,15H,6,14H2. The van der Waals surface area contributed by atoms with Gasteiger partial charge < -0.3 is 10.2 Å². The van der Waals surface area contributed by atoms with Gasteiger partial charge >= 0.3 is 0 Å². The van der Waals surface area contributed by atoms with Crippen molar-refractivity contribution in [1.29, 1.82) is 0 Å². The van der Waals surface area contributed by atoms with Crippen LogP contribution in [0.3, 0.4) is 0 Å². The third-order valence-corrected chi connectivity index (χ3v) is 5.23. The van der Waals surface area contributed by atoms with Gasteiger partial charge in [-0.25, -0.2) is 8.42 Å². The maximum atomic E-state index is 12.2. The molecule has 0 atom stereocenters. The lowest BCUT2D eigenvalue weighted by atomic mass is 10.3. The summed E-state index contributed by atoms with van der Waals surface area (Å²) < 4.78 is 32.9. The van der Waals surface area contributed by atoms with Crippen molar-refractivity contribution in [2.24, 2.45) is 5.73 Å². The molecule has 5 nitrogen and oxygen atoms in total. The molecule has 0 aliphatic carbocycles. The molecular weight excluding hydrogens is 400 g/mol. The fraction of sp³-hybridized carbons (Fsp3) is 0.0909. The average Bonchev–Trinajstić information content (AvgIpc) is 2.74. The third kappa shape index (κ3) is 3.19. The SMILES string of the molecule is NCc1cc(S(=O)(=O)Nc2ccccc2Br)c(Br)o1. The van der Waals surface area contributed by atoms with Crippen molar-refractivity contribution in [1.82, 2.24) is 0 Å². The van der Waals surface area contributed by atoms with Crippen molar-refractivity contribution in [3.63, 3.8) is 0 Å². The Morgan fingerprint density at radius 3 is 2.53 bits per heavy atom. The minimum atomic E-state index is -3.73. The predicted octanol–water partition coefficient (Wildman–Crippen LogP) is 3.06. The van der Waals surface area contributed by atoms with Crippen LogP contribution in [0.25, 0.3) is 0 Å². The van der Waals surface area contributed by atoms with E-state index < -0.39 is 10.0 Å². The van der Waals surface area contributed by atoms with E-state index in [-0.39, 0.29) is 16.1 Å². The Kier molecular flexibility index (Phi) is 4.34. The summed E-state index contributed by atoms with van der Waals surface area (Å²) >= 11 is 6.35. The molecule has 0 bridgehead atoms. The largest absolute Gasteiger partial charge is 0.452 e. The summed E-state index contributed by atoms with van der Waals surface area (Å²) in [5.41, 5.74) is 5.86. The van der Waals surface area contributed by atoms with Crippen molar-refractivity contribution in [2.75, 3.05) is 4.72 Å². The van der Waals surface area contributed by atoms with Gasteiger partial charge in [-0.3, -0.25) is 4.72 Å². The van der Waals surface area contributed by atoms with Crippen LogP contribution in [0.1, 0.15) is 5.76 Å². The van der Waals surface area contributed by atoms with E-state index in [0.29, 0.717) is 15.9 Å². The van der Waals surface area contributed by atoms with Gasteiger partial charge in [0, 0.05) is 10.5 Å². The fourth-order valence-electron chi connectivity index (χ4n) is 1.43. The molecular formula is C11H10Br2N2O3S. The lowest BCUT2D eigenvalue weighted by Crippen LogP contribution is -2.13. The monoisotopic (exact) mass is 408 g/mol. The minimum absolute atomic E-state index is 0.0173. The molecule has 0 spiro atoms. The number of para-hydroxylation sites is 1. The quantitative estimate of drug-likeness (QED) is 0.812. The highest BCUT2D eigenvalue weighted by Crippen LogP contribution is 2.29. The van der Waals surface area contributed by atoms with E-state index in [9.17, 15) is 8.42 Å². The molecule has 3 N–H and O–H groups in total. The Balaban J connectivity index is 2.38. The summed E-state index contributed by atoms with van der Waals surface area (Å²) in [4.78, 5) is 0.0173. The molecule has 1 aromatic heterocycles. The van der Waals surface area contributed by atoms with Crippen LogP contribution in [-0.2, 0) is 16.6 Å². The molecule has 0 aliphatic rings. The van der Waals surface area contributed by atoms with Crippen LogP contribution in [0.5, 0.6) is 0 Å². The number of halogens is 2. The van der Waals surface area contributed by atoms with Gasteiger partial charge in [0.15, 0.2) is 4.67 Å². The molecule has 0 fully saturated rings. The van der Waals surface area contributed by atoms with Gasteiger partial charge in [0.2, 0.25) is 0 Å². The number of benzene rings is 1. The first-order valence-corrected chi connectivity index (χ1v) is 8.26. The second-order valence-electron chi connectivity index (χ2n) is 3.64. The Morgan fingerprint density at radius 1 is 1.26 bits per heavy atom. The number of hydrogen-bond donors (Lipinski definition) is 2. The molecule has 0 unspecified atom stereocenters. The van der Waals surface area contributed by atoms with E-state index in [2.05, 4.69) is 36.6 Å². The van der Waals surface area contributed by atoms with Crippen LogP contribution in [-0.4, -0.2) is 8.42 Å². The zero-order valence-electron chi connectivity index (χ0n) is 9.56. The fourth-order valence-corrected chi connectivity index (χ4v) is 4.02. The molecule has 1 aromatic carbocycles. The number of nitrogens with two attached hydrogens (primary N) is 1. The van der Waals surface area contributed by atoms with E-state index in [4.69, 9.17) is 10.2 Å². The Hall–Kier alpha value is -0.830. The zero-order valence-corrected chi connectivity index (χ0v) is 13.5. The van der Waals surface area contributed by atoms with Gasteiger partial charge in [-0.05, 0) is 44.0 Å². The van der Waals surface area contributed by atoms with E-state index >= 15 is 0 Å². The molecule has 19 heavy (non-hydrogen) atoms. The summed E-state index contributed by atoms with van der Waals surface area (Å²) in [6.07, 6.45) is 0. The van der Waals surface area contributed by atoms with Gasteiger partial charge in [0.25, 0.3) is 10.0 Å². The van der Waals surface area contributed by atoms with E-state index in [1.54, 1.807) is 24.3 Å². The second-order valence-corrected chi connectivity index (χ2v) is 6.87. The Bertz CT molecular complexity index is 698. The molecule has 1 heterocycles. The van der Waals surface area contributed by atoms with Crippen LogP contribution in [0.4, 0.5) is 5.69 Å². The van der Waals surface area contributed by atoms with Crippen LogP contribution in [0.2, 0.25) is 0 Å². The molecule has 8 heteroatoms. The van der Waals surface area contributed by atoms with Crippen molar-refractivity contribution in [3.05, 3.63) is 45.2 Å². The maximum absolute atomic E-state index is 12.2. The average molecular weight is 410 g/mol. The molecule has 0 amide bonds. The van der Waals surface area contributed by atoms with Crippen LogP contribution in [0, 0.1) is 0 Å². The smallest absolute Gasteiger partial charge is 0.266 e. The molecule has 0 saturated heterocycles. The number of hydrogen-bond acceptors (Lipinski definition) is 4. The normalized spacial score (nSPS) is 11.5. The zero-order chi connectivity index (χ0) is 14.0. The molecule has 0 radical (unpaired) electrons. The summed E-state index contributed by atoms with van der Waals surface area (Å²) in [6, 6.07) is 8.32. The first-order chi connectivity index (χ1) is 8.94. The van der Waals surface area contributed by atoms with E-state index in [1.807, 2.05) is 0 Å². The van der Waals surface area contributed by atoms with Crippen LogP contribution >= 0.6 is 31.9 Å². The van der Waals surface area contributed by atoms with E-state index in [1.165, 1.54) is 6.07 Å². The summed E-state index contributed by atoms with van der Waals surface area (Å²) in [7, 11) is -3.73. The van der Waals surface area contributed by atoms with Crippen LogP contribution < -0.4 is 10.5 Å². The highest BCUT2D eigenvalue weighted by molar-refractivity contribution is 9.10. The molecule has 2 aromatic rings. The summed E-state index contributed by atoms with van der Waals surface area (Å²) in [5.74, 6) is 0.388. The minimum Gasteiger partial charge on any atom is -0.452 e. The molecule has 102 valence electrons. The van der Waals surface area contributed by atoms with Crippen LogP contribution in [0.15, 0.2) is 48.8 Å². The number of sulfonamides is 1. The highest BCUT2D eigenvalue weighted by atomic mass is 79.9. The van der Waals surface area contributed by atoms with Gasteiger partial charge in [-0.2, -0.15) is 0 Å². The second kappa shape index (κ2) is 5.66. The highest BCUT2D eigenvalue weighted by Gasteiger charge is 2.22. The number of furan rings is 1. The van der Waals surface area contributed by atoms with Crippen molar-refractivity contribution < 1.29 is 12.8 Å². The van der Waals surface area contributed by atoms with Crippen molar-refractivity contribution in [3.8, 4) is 0 Å².